The van der Waals surface area contributed by atoms with Crippen LogP contribution in [0.25, 0.3) is 11.3 Å². The van der Waals surface area contributed by atoms with Crippen LogP contribution in [0.2, 0.25) is 0 Å². The van der Waals surface area contributed by atoms with Crippen molar-refractivity contribution < 1.29 is 14.6 Å². The smallest absolute Gasteiger partial charge is 0.332 e. The summed E-state index contributed by atoms with van der Waals surface area (Å²) >= 11 is 0. The summed E-state index contributed by atoms with van der Waals surface area (Å²) in [5.74, 6) is 0.511. The van der Waals surface area contributed by atoms with E-state index < -0.39 is 5.97 Å². The van der Waals surface area contributed by atoms with Crippen LogP contribution in [-0.2, 0) is 11.2 Å². The average Bonchev–Trinajstić information content (AvgIpc) is 3.07. The molecule has 0 amide bonds. The van der Waals surface area contributed by atoms with Crippen molar-refractivity contribution in [1.82, 2.24) is 9.97 Å². The van der Waals surface area contributed by atoms with Gasteiger partial charge in [-0.15, -0.1) is 0 Å². The first-order chi connectivity index (χ1) is 12.0. The molecule has 1 aromatic carbocycles. The Hall–Kier alpha value is -2.89. The minimum Gasteiger partial charge on any atom is -0.489 e. The van der Waals surface area contributed by atoms with Crippen molar-refractivity contribution in [1.29, 1.82) is 0 Å². The Labute approximate surface area is 146 Å². The standard InChI is InChI=1S/C19H21N3O3/c1-11(2)13-4-6-14(7-5-13)16-17-15(8-9-25-17)21-19(22-16)20-10-12(3)18(23)24/h4-7,11H,3,8-10H2,1-2H3,(H,23,24)(H,20,21,22). The van der Waals surface area contributed by atoms with E-state index in [4.69, 9.17) is 9.84 Å². The van der Waals surface area contributed by atoms with Crippen molar-refractivity contribution in [3.8, 4) is 17.0 Å². The zero-order valence-corrected chi connectivity index (χ0v) is 14.4. The van der Waals surface area contributed by atoms with Crippen LogP contribution >= 0.6 is 0 Å². The third-order valence-corrected chi connectivity index (χ3v) is 4.13. The van der Waals surface area contributed by atoms with Gasteiger partial charge in [0.25, 0.3) is 0 Å². The first-order valence-corrected chi connectivity index (χ1v) is 8.24. The number of benzene rings is 1. The molecular formula is C19H21N3O3. The Morgan fingerprint density at radius 2 is 2.04 bits per heavy atom. The highest BCUT2D eigenvalue weighted by molar-refractivity contribution is 5.86. The number of carboxylic acid groups (broad SMARTS) is 1. The molecule has 2 N–H and O–H groups in total. The van der Waals surface area contributed by atoms with Crippen molar-refractivity contribution in [3.05, 3.63) is 47.7 Å². The maximum atomic E-state index is 10.9. The molecule has 0 spiro atoms. The molecule has 1 aliphatic heterocycles. The highest BCUT2D eigenvalue weighted by Gasteiger charge is 2.22. The zero-order chi connectivity index (χ0) is 18.0. The number of anilines is 1. The predicted octanol–water partition coefficient (Wildman–Crippen LogP) is 3.25. The molecule has 2 heterocycles. The number of carbonyl (C=O) groups is 1. The predicted molar refractivity (Wildman–Crippen MR) is 96.0 cm³/mol. The molecule has 2 aromatic rings. The number of aliphatic carboxylic acids is 1. The van der Waals surface area contributed by atoms with Crippen LogP contribution in [-0.4, -0.2) is 34.2 Å². The fraction of sp³-hybridized carbons (Fsp3) is 0.316. The Balaban J connectivity index is 1.92. The first kappa shape index (κ1) is 17.0. The largest absolute Gasteiger partial charge is 0.489 e. The summed E-state index contributed by atoms with van der Waals surface area (Å²) in [5.41, 5.74) is 3.82. The number of ether oxygens (including phenoxy) is 1. The number of nitrogens with zero attached hydrogens (tertiary/aromatic N) is 2. The third-order valence-electron chi connectivity index (χ3n) is 4.13. The Bertz CT molecular complexity index is 813. The molecule has 0 bridgehead atoms. The molecule has 0 radical (unpaired) electrons. The molecule has 0 saturated carbocycles. The van der Waals surface area contributed by atoms with E-state index in [2.05, 4.69) is 47.8 Å². The monoisotopic (exact) mass is 339 g/mol. The highest BCUT2D eigenvalue weighted by atomic mass is 16.5. The lowest BCUT2D eigenvalue weighted by Crippen LogP contribution is -2.13. The SMILES string of the molecule is C=C(CNc1nc2c(c(-c3ccc(C(C)C)cc3)n1)OCC2)C(=O)O. The second kappa shape index (κ2) is 6.93. The maximum absolute atomic E-state index is 10.9. The number of rotatable bonds is 6. The molecule has 0 unspecified atom stereocenters. The lowest BCUT2D eigenvalue weighted by atomic mass is 10.0. The van der Waals surface area contributed by atoms with Gasteiger partial charge in [0, 0.05) is 24.1 Å². The Kier molecular flexibility index (Phi) is 4.70. The van der Waals surface area contributed by atoms with Crippen LogP contribution in [0.3, 0.4) is 0 Å². The molecule has 6 heteroatoms. The maximum Gasteiger partial charge on any atom is 0.332 e. The second-order valence-corrected chi connectivity index (χ2v) is 6.31. The summed E-state index contributed by atoms with van der Waals surface area (Å²) in [6.07, 6.45) is 0.712. The number of aromatic nitrogens is 2. The molecule has 0 saturated heterocycles. The van der Waals surface area contributed by atoms with Gasteiger partial charge in [0.15, 0.2) is 5.75 Å². The topological polar surface area (TPSA) is 84.3 Å². The summed E-state index contributed by atoms with van der Waals surface area (Å²) in [5, 5.41) is 11.9. The lowest BCUT2D eigenvalue weighted by Gasteiger charge is -2.12. The van der Waals surface area contributed by atoms with Gasteiger partial charge in [0.05, 0.1) is 12.3 Å². The van der Waals surface area contributed by atoms with Crippen LogP contribution in [0.4, 0.5) is 5.95 Å². The van der Waals surface area contributed by atoms with E-state index in [1.807, 2.05) is 12.1 Å². The van der Waals surface area contributed by atoms with E-state index in [1.165, 1.54) is 5.56 Å². The van der Waals surface area contributed by atoms with Crippen molar-refractivity contribution >= 4 is 11.9 Å². The summed E-state index contributed by atoms with van der Waals surface area (Å²) in [6.45, 7) is 8.47. The molecule has 1 aromatic heterocycles. The third kappa shape index (κ3) is 3.63. The van der Waals surface area contributed by atoms with Gasteiger partial charge >= 0.3 is 5.97 Å². The average molecular weight is 339 g/mol. The molecule has 130 valence electrons. The molecule has 1 aliphatic rings. The summed E-state index contributed by atoms with van der Waals surface area (Å²) in [7, 11) is 0. The van der Waals surface area contributed by atoms with Crippen molar-refractivity contribution in [2.24, 2.45) is 0 Å². The van der Waals surface area contributed by atoms with Crippen molar-refractivity contribution in [2.75, 3.05) is 18.5 Å². The van der Waals surface area contributed by atoms with Crippen LogP contribution < -0.4 is 10.1 Å². The van der Waals surface area contributed by atoms with Crippen LogP contribution in [0.1, 0.15) is 31.0 Å². The Morgan fingerprint density at radius 1 is 1.32 bits per heavy atom. The fourth-order valence-electron chi connectivity index (χ4n) is 2.63. The normalized spacial score (nSPS) is 12.6. The molecular weight excluding hydrogens is 318 g/mol. The number of fused-ring (bicyclic) bond motifs is 1. The fourth-order valence-corrected chi connectivity index (χ4v) is 2.63. The van der Waals surface area contributed by atoms with Gasteiger partial charge in [0.2, 0.25) is 5.95 Å². The number of hydrogen-bond acceptors (Lipinski definition) is 5. The van der Waals surface area contributed by atoms with E-state index >= 15 is 0 Å². The van der Waals surface area contributed by atoms with Crippen LogP contribution in [0, 0.1) is 0 Å². The molecule has 25 heavy (non-hydrogen) atoms. The molecule has 0 atom stereocenters. The minimum absolute atomic E-state index is 0.0585. The number of nitrogens with one attached hydrogen (secondary N) is 1. The van der Waals surface area contributed by atoms with Crippen LogP contribution in [0.15, 0.2) is 36.4 Å². The van der Waals surface area contributed by atoms with Gasteiger partial charge in [-0.2, -0.15) is 0 Å². The van der Waals surface area contributed by atoms with E-state index in [9.17, 15) is 4.79 Å². The molecule has 0 fully saturated rings. The van der Waals surface area contributed by atoms with Gasteiger partial charge in [0.1, 0.15) is 5.69 Å². The number of hydrogen-bond donors (Lipinski definition) is 2. The zero-order valence-electron chi connectivity index (χ0n) is 14.4. The van der Waals surface area contributed by atoms with Gasteiger partial charge < -0.3 is 15.2 Å². The van der Waals surface area contributed by atoms with Gasteiger partial charge in [-0.05, 0) is 11.5 Å². The minimum atomic E-state index is -1.04. The van der Waals surface area contributed by atoms with E-state index in [1.54, 1.807) is 0 Å². The van der Waals surface area contributed by atoms with Crippen molar-refractivity contribution in [3.63, 3.8) is 0 Å². The second-order valence-electron chi connectivity index (χ2n) is 6.31. The van der Waals surface area contributed by atoms with E-state index in [-0.39, 0.29) is 12.1 Å². The summed E-state index contributed by atoms with van der Waals surface area (Å²) in [4.78, 5) is 19.9. The van der Waals surface area contributed by atoms with E-state index in [0.29, 0.717) is 30.6 Å². The molecule has 6 nitrogen and oxygen atoms in total. The Morgan fingerprint density at radius 3 is 2.68 bits per heavy atom. The van der Waals surface area contributed by atoms with Gasteiger partial charge in [-0.25, -0.2) is 14.8 Å². The molecule has 0 aliphatic carbocycles. The van der Waals surface area contributed by atoms with Gasteiger partial charge in [-0.1, -0.05) is 44.7 Å². The summed E-state index contributed by atoms with van der Waals surface area (Å²) < 4.78 is 5.72. The van der Waals surface area contributed by atoms with E-state index in [0.717, 1.165) is 17.0 Å². The van der Waals surface area contributed by atoms with Crippen molar-refractivity contribution in [2.45, 2.75) is 26.2 Å². The highest BCUT2D eigenvalue weighted by Crippen LogP contribution is 2.35. The lowest BCUT2D eigenvalue weighted by molar-refractivity contribution is -0.132. The molecule has 3 rings (SSSR count). The quantitative estimate of drug-likeness (QED) is 0.786. The van der Waals surface area contributed by atoms with Gasteiger partial charge in [-0.3, -0.25) is 0 Å². The number of carboxylic acids is 1. The first-order valence-electron chi connectivity index (χ1n) is 8.24. The summed E-state index contributed by atoms with van der Waals surface area (Å²) in [6, 6.07) is 8.23. The van der Waals surface area contributed by atoms with Crippen LogP contribution in [0.5, 0.6) is 5.75 Å².